The molecule has 8 heteroatoms. The topological polar surface area (TPSA) is 79.4 Å². The third-order valence-corrected chi connectivity index (χ3v) is 7.27. The number of nitrogens with zero attached hydrogens (tertiary/aromatic N) is 3. The first kappa shape index (κ1) is 26.7. The fraction of sp³-hybridized carbons (Fsp3) is 0.483. The van der Waals surface area contributed by atoms with Crippen LogP contribution in [0.3, 0.4) is 0 Å². The van der Waals surface area contributed by atoms with Gasteiger partial charge in [-0.3, -0.25) is 14.4 Å². The van der Waals surface area contributed by atoms with Crippen molar-refractivity contribution in [2.45, 2.75) is 38.8 Å². The van der Waals surface area contributed by atoms with Gasteiger partial charge in [0.15, 0.2) is 0 Å². The molecule has 0 spiro atoms. The van der Waals surface area contributed by atoms with E-state index >= 15 is 0 Å². The number of benzene rings is 2. The highest BCUT2D eigenvalue weighted by Crippen LogP contribution is 2.48. The molecule has 198 valence electrons. The quantitative estimate of drug-likeness (QED) is 0.494. The number of rotatable bonds is 10. The van der Waals surface area contributed by atoms with Crippen molar-refractivity contribution < 1.29 is 23.9 Å². The van der Waals surface area contributed by atoms with Crippen molar-refractivity contribution >= 4 is 17.7 Å². The Morgan fingerprint density at radius 3 is 2.35 bits per heavy atom. The van der Waals surface area contributed by atoms with E-state index in [1.165, 1.54) is 0 Å². The van der Waals surface area contributed by atoms with Gasteiger partial charge in [-0.15, -0.1) is 0 Å². The molecule has 37 heavy (non-hydrogen) atoms. The summed E-state index contributed by atoms with van der Waals surface area (Å²) in [5, 5.41) is 0. The third-order valence-electron chi connectivity index (χ3n) is 7.27. The summed E-state index contributed by atoms with van der Waals surface area (Å²) in [7, 11) is 1.61. The highest BCUT2D eigenvalue weighted by molar-refractivity contribution is 5.88. The summed E-state index contributed by atoms with van der Waals surface area (Å²) in [4.78, 5) is 44.5. The first-order valence-electron chi connectivity index (χ1n) is 13.1. The van der Waals surface area contributed by atoms with E-state index in [1.807, 2.05) is 68.4 Å². The van der Waals surface area contributed by atoms with Gasteiger partial charge in [0.05, 0.1) is 19.8 Å². The SMILES string of the molecule is CCN(CC)C(=O)COC1CN(Cc2ccc(OC)cc2)C(=O)CN(C(=O)[C@@H]2C[C@H]2c2ccccc2)C1. The Balaban J connectivity index is 1.47. The highest BCUT2D eigenvalue weighted by Gasteiger charge is 2.47. The molecule has 2 aromatic rings. The lowest BCUT2D eigenvalue weighted by Gasteiger charge is -2.26. The predicted molar refractivity (Wildman–Crippen MR) is 140 cm³/mol. The van der Waals surface area contributed by atoms with Gasteiger partial charge in [0.1, 0.15) is 12.4 Å². The highest BCUT2D eigenvalue weighted by atomic mass is 16.5. The molecule has 0 N–H and O–H groups in total. The molecule has 8 nitrogen and oxygen atoms in total. The lowest BCUT2D eigenvalue weighted by atomic mass is 10.1. The second-order valence-electron chi connectivity index (χ2n) is 9.70. The number of amides is 3. The summed E-state index contributed by atoms with van der Waals surface area (Å²) in [6.45, 7) is 6.01. The van der Waals surface area contributed by atoms with Crippen LogP contribution in [-0.4, -0.2) is 85.0 Å². The van der Waals surface area contributed by atoms with E-state index in [2.05, 4.69) is 0 Å². The average molecular weight is 508 g/mol. The molecule has 3 amide bonds. The standard InChI is InChI=1S/C29H37N3O5/c1-4-30(5-2)28(34)20-37-24-17-31(16-21-11-13-23(36-3)14-12-21)27(33)19-32(18-24)29(35)26-15-25(26)22-9-7-6-8-10-22/h6-14,24-26H,4-5,15-20H2,1-3H3/t24?,25-,26+/m0/s1. The number of methoxy groups -OCH3 is 1. The number of carbonyl (C=O) groups excluding carboxylic acids is 3. The van der Waals surface area contributed by atoms with Crippen LogP contribution in [0.1, 0.15) is 37.3 Å². The van der Waals surface area contributed by atoms with Crippen LogP contribution < -0.4 is 4.74 Å². The fourth-order valence-electron chi connectivity index (χ4n) is 4.98. The smallest absolute Gasteiger partial charge is 0.248 e. The Morgan fingerprint density at radius 1 is 1.00 bits per heavy atom. The van der Waals surface area contributed by atoms with Crippen LogP contribution >= 0.6 is 0 Å². The van der Waals surface area contributed by atoms with E-state index in [9.17, 15) is 14.4 Å². The molecule has 1 aliphatic heterocycles. The van der Waals surface area contributed by atoms with Crippen molar-refractivity contribution in [3.8, 4) is 5.75 Å². The van der Waals surface area contributed by atoms with Crippen molar-refractivity contribution in [2.24, 2.45) is 5.92 Å². The number of hydrogen-bond donors (Lipinski definition) is 0. The molecule has 0 bridgehead atoms. The molecule has 4 rings (SSSR count). The number of ether oxygens (including phenoxy) is 2. The Hall–Kier alpha value is -3.39. The molecular weight excluding hydrogens is 470 g/mol. The van der Waals surface area contributed by atoms with Crippen molar-refractivity contribution in [3.63, 3.8) is 0 Å². The molecule has 1 saturated carbocycles. The lowest BCUT2D eigenvalue weighted by Crippen LogP contribution is -2.42. The summed E-state index contributed by atoms with van der Waals surface area (Å²) in [6.07, 6.45) is 0.330. The maximum atomic E-state index is 13.5. The van der Waals surface area contributed by atoms with Gasteiger partial charge in [0.25, 0.3) is 0 Å². The van der Waals surface area contributed by atoms with Crippen LogP contribution in [0.2, 0.25) is 0 Å². The van der Waals surface area contributed by atoms with Crippen molar-refractivity contribution in [1.29, 1.82) is 0 Å². The minimum Gasteiger partial charge on any atom is -0.497 e. The monoisotopic (exact) mass is 507 g/mol. The minimum absolute atomic E-state index is 0.0108. The van der Waals surface area contributed by atoms with E-state index in [0.717, 1.165) is 23.3 Å². The first-order chi connectivity index (χ1) is 17.9. The Kier molecular flexibility index (Phi) is 8.82. The molecule has 2 fully saturated rings. The van der Waals surface area contributed by atoms with E-state index in [4.69, 9.17) is 9.47 Å². The zero-order valence-corrected chi connectivity index (χ0v) is 22.0. The normalized spacial score (nSPS) is 21.4. The fourth-order valence-corrected chi connectivity index (χ4v) is 4.98. The minimum atomic E-state index is -0.456. The van der Waals surface area contributed by atoms with Gasteiger partial charge < -0.3 is 24.2 Å². The van der Waals surface area contributed by atoms with Crippen LogP contribution in [0.5, 0.6) is 5.75 Å². The molecular formula is C29H37N3O5. The number of carbonyl (C=O) groups is 3. The number of likely N-dealkylation sites (N-methyl/N-ethyl adjacent to an activating group) is 1. The van der Waals surface area contributed by atoms with Crippen molar-refractivity contribution in [2.75, 3.05) is 46.4 Å². The Labute approximate surface area is 219 Å². The van der Waals surface area contributed by atoms with Gasteiger partial charge in [0, 0.05) is 38.6 Å². The summed E-state index contributed by atoms with van der Waals surface area (Å²) < 4.78 is 11.3. The van der Waals surface area contributed by atoms with Gasteiger partial charge in [0.2, 0.25) is 17.7 Å². The second-order valence-corrected chi connectivity index (χ2v) is 9.70. The molecule has 2 aromatic carbocycles. The molecule has 3 atom stereocenters. The van der Waals surface area contributed by atoms with E-state index in [0.29, 0.717) is 26.2 Å². The molecule has 1 aliphatic carbocycles. The average Bonchev–Trinajstić information content (AvgIpc) is 3.74. The van der Waals surface area contributed by atoms with E-state index < -0.39 is 6.10 Å². The van der Waals surface area contributed by atoms with E-state index in [-0.39, 0.29) is 49.3 Å². The van der Waals surface area contributed by atoms with Gasteiger partial charge in [-0.1, -0.05) is 42.5 Å². The molecule has 1 saturated heterocycles. The molecule has 2 aliphatic rings. The molecule has 1 unspecified atom stereocenters. The van der Waals surface area contributed by atoms with Gasteiger partial charge in [-0.25, -0.2) is 0 Å². The molecule has 1 heterocycles. The summed E-state index contributed by atoms with van der Waals surface area (Å²) in [5.41, 5.74) is 2.11. The van der Waals surface area contributed by atoms with Gasteiger partial charge >= 0.3 is 0 Å². The summed E-state index contributed by atoms with van der Waals surface area (Å²) in [5.74, 6) is 0.578. The maximum absolute atomic E-state index is 13.5. The van der Waals surface area contributed by atoms with Crippen LogP contribution in [0.15, 0.2) is 54.6 Å². The largest absolute Gasteiger partial charge is 0.497 e. The summed E-state index contributed by atoms with van der Waals surface area (Å²) in [6, 6.07) is 17.6. The summed E-state index contributed by atoms with van der Waals surface area (Å²) >= 11 is 0. The van der Waals surface area contributed by atoms with Crippen molar-refractivity contribution in [1.82, 2.24) is 14.7 Å². The van der Waals surface area contributed by atoms with Gasteiger partial charge in [-0.2, -0.15) is 0 Å². The van der Waals surface area contributed by atoms with Gasteiger partial charge in [-0.05, 0) is 49.4 Å². The van der Waals surface area contributed by atoms with Crippen LogP contribution in [0.4, 0.5) is 0 Å². The third kappa shape index (κ3) is 6.68. The molecule has 0 radical (unpaired) electrons. The maximum Gasteiger partial charge on any atom is 0.248 e. The van der Waals surface area contributed by atoms with Crippen LogP contribution in [0, 0.1) is 5.92 Å². The van der Waals surface area contributed by atoms with Crippen LogP contribution in [-0.2, 0) is 25.7 Å². The molecule has 0 aromatic heterocycles. The zero-order chi connectivity index (χ0) is 26.4. The number of hydrogen-bond acceptors (Lipinski definition) is 5. The Morgan fingerprint density at radius 2 is 1.70 bits per heavy atom. The predicted octanol–water partition coefficient (Wildman–Crippen LogP) is 2.92. The Bertz CT molecular complexity index is 1070. The zero-order valence-electron chi connectivity index (χ0n) is 22.0. The first-order valence-corrected chi connectivity index (χ1v) is 13.1. The van der Waals surface area contributed by atoms with E-state index in [1.54, 1.807) is 21.8 Å². The second kappa shape index (κ2) is 12.2. The van der Waals surface area contributed by atoms with Crippen LogP contribution in [0.25, 0.3) is 0 Å². The van der Waals surface area contributed by atoms with Crippen molar-refractivity contribution in [3.05, 3.63) is 65.7 Å². The lowest BCUT2D eigenvalue weighted by molar-refractivity contribution is -0.140.